The molecule has 3 aromatic carbocycles. The number of halogens is 2. The number of benzene rings is 3. The Morgan fingerprint density at radius 3 is 2.47 bits per heavy atom. The first-order valence-electron chi connectivity index (χ1n) is 10.9. The van der Waals surface area contributed by atoms with Gasteiger partial charge in [-0.05, 0) is 72.4 Å². The lowest BCUT2D eigenvalue weighted by Gasteiger charge is -2.37. The minimum atomic E-state index is -0.249. The molecule has 0 bridgehead atoms. The maximum Gasteiger partial charge on any atom is 0.319 e. The van der Waals surface area contributed by atoms with Crippen molar-refractivity contribution in [2.24, 2.45) is 0 Å². The smallest absolute Gasteiger partial charge is 0.319 e. The van der Waals surface area contributed by atoms with Crippen molar-refractivity contribution >= 4 is 11.7 Å². The van der Waals surface area contributed by atoms with E-state index >= 15 is 0 Å². The Labute approximate surface area is 187 Å². The average Bonchev–Trinajstić information content (AvgIpc) is 2.79. The van der Waals surface area contributed by atoms with Gasteiger partial charge in [-0.2, -0.15) is 0 Å². The van der Waals surface area contributed by atoms with Gasteiger partial charge in [0.05, 0.1) is 0 Å². The van der Waals surface area contributed by atoms with Gasteiger partial charge in [-0.25, -0.2) is 13.6 Å². The van der Waals surface area contributed by atoms with E-state index in [0.29, 0.717) is 6.54 Å². The van der Waals surface area contributed by atoms with Crippen LogP contribution in [-0.2, 0) is 19.4 Å². The Morgan fingerprint density at radius 2 is 1.69 bits per heavy atom. The summed E-state index contributed by atoms with van der Waals surface area (Å²) in [6.07, 6.45) is 2.29. The number of nitrogens with zero attached hydrogens (tertiary/aromatic N) is 1. The van der Waals surface area contributed by atoms with Gasteiger partial charge in [0.2, 0.25) is 0 Å². The molecular formula is C26H27F2N3O. The summed E-state index contributed by atoms with van der Waals surface area (Å²) in [6, 6.07) is 20.9. The first kappa shape index (κ1) is 22.0. The molecule has 32 heavy (non-hydrogen) atoms. The summed E-state index contributed by atoms with van der Waals surface area (Å²) < 4.78 is 27.1. The molecule has 2 N–H and O–H groups in total. The number of hydrogen-bond acceptors (Lipinski definition) is 2. The molecule has 1 heterocycles. The van der Waals surface area contributed by atoms with Crippen LogP contribution in [0, 0.1) is 11.6 Å². The SMILES string of the molecule is O=C(NCCCN1Cc2ccc(F)cc2CC1Cc1ccc(F)cc1)Nc1ccccc1. The summed E-state index contributed by atoms with van der Waals surface area (Å²) in [4.78, 5) is 14.5. The first-order chi connectivity index (χ1) is 15.6. The predicted molar refractivity (Wildman–Crippen MR) is 122 cm³/mol. The fourth-order valence-corrected chi connectivity index (χ4v) is 4.21. The minimum absolute atomic E-state index is 0.188. The molecule has 3 aromatic rings. The molecule has 4 rings (SSSR count). The van der Waals surface area contributed by atoms with Crippen LogP contribution in [0.2, 0.25) is 0 Å². The summed E-state index contributed by atoms with van der Waals surface area (Å²) in [5, 5.41) is 5.71. The van der Waals surface area contributed by atoms with Crippen LogP contribution >= 0.6 is 0 Å². The van der Waals surface area contributed by atoms with E-state index in [4.69, 9.17) is 0 Å². The summed E-state index contributed by atoms with van der Waals surface area (Å²) in [5.41, 5.74) is 3.98. The van der Waals surface area contributed by atoms with Crippen LogP contribution in [0.15, 0.2) is 72.8 Å². The van der Waals surface area contributed by atoms with Gasteiger partial charge in [0.1, 0.15) is 11.6 Å². The zero-order chi connectivity index (χ0) is 22.3. The summed E-state index contributed by atoms with van der Waals surface area (Å²) in [6.45, 7) is 2.08. The fraction of sp³-hybridized carbons (Fsp3) is 0.269. The number of rotatable bonds is 7. The Bertz CT molecular complexity index is 1040. The van der Waals surface area contributed by atoms with E-state index < -0.39 is 0 Å². The number of nitrogens with one attached hydrogen (secondary N) is 2. The van der Waals surface area contributed by atoms with Crippen molar-refractivity contribution in [1.29, 1.82) is 0 Å². The highest BCUT2D eigenvalue weighted by Gasteiger charge is 2.26. The molecule has 1 aliphatic rings. The van der Waals surface area contributed by atoms with Crippen molar-refractivity contribution < 1.29 is 13.6 Å². The van der Waals surface area contributed by atoms with E-state index in [0.717, 1.165) is 54.7 Å². The van der Waals surface area contributed by atoms with Crippen molar-refractivity contribution in [2.45, 2.75) is 31.8 Å². The van der Waals surface area contributed by atoms with Crippen LogP contribution < -0.4 is 10.6 Å². The highest BCUT2D eigenvalue weighted by molar-refractivity contribution is 5.89. The van der Waals surface area contributed by atoms with Crippen molar-refractivity contribution in [2.75, 3.05) is 18.4 Å². The molecule has 2 amide bonds. The van der Waals surface area contributed by atoms with Gasteiger partial charge in [0.15, 0.2) is 0 Å². The Hall–Kier alpha value is -3.25. The third-order valence-electron chi connectivity index (χ3n) is 5.84. The number of anilines is 1. The van der Waals surface area contributed by atoms with Crippen LogP contribution in [-0.4, -0.2) is 30.1 Å². The van der Waals surface area contributed by atoms with E-state index in [1.54, 1.807) is 6.07 Å². The third-order valence-corrected chi connectivity index (χ3v) is 5.84. The molecule has 4 nitrogen and oxygen atoms in total. The standard InChI is InChI=1S/C26H27F2N3O/c27-22-10-7-19(8-11-22)15-25-17-21-16-23(28)12-9-20(21)18-31(25)14-4-13-29-26(32)30-24-5-2-1-3-6-24/h1-3,5-12,16,25H,4,13-15,17-18H2,(H2,29,30,32). The monoisotopic (exact) mass is 435 g/mol. The Kier molecular flexibility index (Phi) is 7.12. The highest BCUT2D eigenvalue weighted by atomic mass is 19.1. The summed E-state index contributed by atoms with van der Waals surface area (Å²) in [5.74, 6) is -0.465. The quantitative estimate of drug-likeness (QED) is 0.505. The lowest BCUT2D eigenvalue weighted by molar-refractivity contribution is 0.167. The maximum absolute atomic E-state index is 13.8. The summed E-state index contributed by atoms with van der Waals surface area (Å²) in [7, 11) is 0. The molecule has 6 heteroatoms. The summed E-state index contributed by atoms with van der Waals surface area (Å²) >= 11 is 0. The van der Waals surface area contributed by atoms with E-state index in [1.807, 2.05) is 48.5 Å². The molecule has 1 atom stereocenters. The topological polar surface area (TPSA) is 44.4 Å². The first-order valence-corrected chi connectivity index (χ1v) is 10.9. The predicted octanol–water partition coefficient (Wildman–Crippen LogP) is 5.15. The normalized spacial score (nSPS) is 15.8. The van der Waals surface area contributed by atoms with Gasteiger partial charge >= 0.3 is 6.03 Å². The van der Waals surface area contributed by atoms with Crippen molar-refractivity contribution in [1.82, 2.24) is 10.2 Å². The van der Waals surface area contributed by atoms with E-state index in [2.05, 4.69) is 15.5 Å². The van der Waals surface area contributed by atoms with E-state index in [-0.39, 0.29) is 23.7 Å². The van der Waals surface area contributed by atoms with Crippen molar-refractivity contribution in [3.05, 3.63) is 101 Å². The van der Waals surface area contributed by atoms with Crippen LogP contribution in [0.4, 0.5) is 19.3 Å². The van der Waals surface area contributed by atoms with Gasteiger partial charge < -0.3 is 10.6 Å². The molecule has 0 spiro atoms. The molecular weight excluding hydrogens is 408 g/mol. The van der Waals surface area contributed by atoms with Crippen LogP contribution in [0.1, 0.15) is 23.1 Å². The van der Waals surface area contributed by atoms with E-state index in [1.165, 1.54) is 18.2 Å². The van der Waals surface area contributed by atoms with Crippen LogP contribution in [0.5, 0.6) is 0 Å². The number of urea groups is 1. The number of para-hydroxylation sites is 1. The fourth-order valence-electron chi connectivity index (χ4n) is 4.21. The van der Waals surface area contributed by atoms with Gasteiger partial charge in [-0.15, -0.1) is 0 Å². The Balaban J connectivity index is 1.35. The molecule has 1 unspecified atom stereocenters. The van der Waals surface area contributed by atoms with Crippen LogP contribution in [0.3, 0.4) is 0 Å². The van der Waals surface area contributed by atoms with E-state index in [9.17, 15) is 13.6 Å². The molecule has 0 radical (unpaired) electrons. The minimum Gasteiger partial charge on any atom is -0.338 e. The molecule has 0 saturated heterocycles. The molecule has 0 fully saturated rings. The molecule has 1 aliphatic heterocycles. The third kappa shape index (κ3) is 5.92. The number of fused-ring (bicyclic) bond motifs is 1. The van der Waals surface area contributed by atoms with Crippen molar-refractivity contribution in [3.8, 4) is 0 Å². The van der Waals surface area contributed by atoms with Gasteiger partial charge in [-0.3, -0.25) is 4.90 Å². The lowest BCUT2D eigenvalue weighted by Crippen LogP contribution is -2.43. The zero-order valence-corrected chi connectivity index (χ0v) is 17.9. The van der Waals surface area contributed by atoms with Crippen molar-refractivity contribution in [3.63, 3.8) is 0 Å². The largest absolute Gasteiger partial charge is 0.338 e. The van der Waals surface area contributed by atoms with Gasteiger partial charge in [0.25, 0.3) is 0 Å². The highest BCUT2D eigenvalue weighted by Crippen LogP contribution is 2.26. The number of hydrogen-bond donors (Lipinski definition) is 2. The van der Waals surface area contributed by atoms with Gasteiger partial charge in [0, 0.05) is 31.4 Å². The second-order valence-corrected chi connectivity index (χ2v) is 8.17. The molecule has 166 valence electrons. The second kappa shape index (κ2) is 10.4. The van der Waals surface area contributed by atoms with Gasteiger partial charge in [-0.1, -0.05) is 36.4 Å². The molecule has 0 aromatic heterocycles. The Morgan fingerprint density at radius 1 is 0.938 bits per heavy atom. The molecule has 0 saturated carbocycles. The molecule has 0 aliphatic carbocycles. The second-order valence-electron chi connectivity index (χ2n) is 8.17. The average molecular weight is 436 g/mol. The number of carbonyl (C=O) groups is 1. The number of carbonyl (C=O) groups excluding carboxylic acids is 1. The van der Waals surface area contributed by atoms with Crippen LogP contribution in [0.25, 0.3) is 0 Å². The number of amides is 2. The maximum atomic E-state index is 13.8. The lowest BCUT2D eigenvalue weighted by atomic mass is 9.90. The zero-order valence-electron chi connectivity index (χ0n) is 17.9.